The first kappa shape index (κ1) is 16.9. The Bertz CT molecular complexity index is 1030. The third-order valence-electron chi connectivity index (χ3n) is 3.91. The number of rotatable bonds is 6. The van der Waals surface area contributed by atoms with E-state index in [0.717, 1.165) is 16.7 Å². The summed E-state index contributed by atoms with van der Waals surface area (Å²) in [5, 5.41) is 0. The summed E-state index contributed by atoms with van der Waals surface area (Å²) in [6.07, 6.45) is 0. The Kier molecular flexibility index (Phi) is 4.61. The molecule has 2 aromatic carbocycles. The first-order valence-corrected chi connectivity index (χ1v) is 8.57. The van der Waals surface area contributed by atoms with E-state index in [1.165, 1.54) is 0 Å². The van der Waals surface area contributed by atoms with Gasteiger partial charge in [0.1, 0.15) is 23.6 Å². The summed E-state index contributed by atoms with van der Waals surface area (Å²) in [6, 6.07) is 18.3. The Morgan fingerprint density at radius 2 is 1.81 bits per heavy atom. The molecule has 6 nitrogen and oxygen atoms in total. The highest BCUT2D eigenvalue weighted by Crippen LogP contribution is 2.26. The number of oxazole rings is 1. The van der Waals surface area contributed by atoms with Crippen molar-refractivity contribution in [1.29, 1.82) is 0 Å². The van der Waals surface area contributed by atoms with Gasteiger partial charge in [-0.25, -0.2) is 9.78 Å². The molecule has 4 rings (SSSR count). The molecule has 6 heteroatoms. The smallest absolute Gasteiger partial charge is 0.374 e. The zero-order valence-corrected chi connectivity index (χ0v) is 14.7. The van der Waals surface area contributed by atoms with Gasteiger partial charge in [-0.15, -0.1) is 0 Å². The first-order valence-electron chi connectivity index (χ1n) is 8.57. The molecule has 0 radical (unpaired) electrons. The molecule has 0 saturated carbocycles. The molecular formula is C21H17NO5. The molecule has 0 atom stereocenters. The number of furan rings is 1. The SMILES string of the molecule is CCOC(=O)c1ccc(COc2ccc(-c3nc4ccccc4o3)cc2)o1. The van der Waals surface area contributed by atoms with Crippen molar-refractivity contribution >= 4 is 17.1 Å². The molecule has 2 heterocycles. The van der Waals surface area contributed by atoms with Gasteiger partial charge in [-0.3, -0.25) is 0 Å². The van der Waals surface area contributed by atoms with Gasteiger partial charge in [-0.05, 0) is 55.5 Å². The molecule has 136 valence electrons. The summed E-state index contributed by atoms with van der Waals surface area (Å²) < 4.78 is 21.8. The van der Waals surface area contributed by atoms with E-state index in [4.69, 9.17) is 18.3 Å². The van der Waals surface area contributed by atoms with E-state index in [1.807, 2.05) is 48.5 Å². The molecular weight excluding hydrogens is 346 g/mol. The van der Waals surface area contributed by atoms with E-state index < -0.39 is 5.97 Å². The number of benzene rings is 2. The number of fused-ring (bicyclic) bond motifs is 1. The Labute approximate surface area is 155 Å². The van der Waals surface area contributed by atoms with Crippen LogP contribution < -0.4 is 4.74 Å². The van der Waals surface area contributed by atoms with Gasteiger partial charge in [-0.1, -0.05) is 12.1 Å². The van der Waals surface area contributed by atoms with Crippen molar-refractivity contribution in [3.05, 3.63) is 72.2 Å². The van der Waals surface area contributed by atoms with Crippen molar-refractivity contribution in [3.8, 4) is 17.2 Å². The maximum atomic E-state index is 11.6. The van der Waals surface area contributed by atoms with Crippen LogP contribution >= 0.6 is 0 Å². The normalized spacial score (nSPS) is 10.9. The maximum absolute atomic E-state index is 11.6. The summed E-state index contributed by atoms with van der Waals surface area (Å²) in [5.74, 6) is 1.46. The Hall–Kier alpha value is -3.54. The molecule has 0 bridgehead atoms. The van der Waals surface area contributed by atoms with E-state index in [0.29, 0.717) is 24.0 Å². The second-order valence-electron chi connectivity index (χ2n) is 5.79. The molecule has 0 amide bonds. The van der Waals surface area contributed by atoms with Gasteiger partial charge in [0.15, 0.2) is 5.58 Å². The van der Waals surface area contributed by atoms with Crippen LogP contribution in [0.15, 0.2) is 69.5 Å². The average molecular weight is 363 g/mol. The number of esters is 1. The summed E-state index contributed by atoms with van der Waals surface area (Å²) in [4.78, 5) is 16.1. The monoisotopic (exact) mass is 363 g/mol. The second-order valence-corrected chi connectivity index (χ2v) is 5.79. The van der Waals surface area contributed by atoms with Gasteiger partial charge in [0.05, 0.1) is 6.61 Å². The lowest BCUT2D eigenvalue weighted by atomic mass is 10.2. The number of hydrogen-bond acceptors (Lipinski definition) is 6. The van der Waals surface area contributed by atoms with E-state index >= 15 is 0 Å². The topological polar surface area (TPSA) is 74.7 Å². The largest absolute Gasteiger partial charge is 0.486 e. The molecule has 4 aromatic rings. The number of carbonyl (C=O) groups is 1. The fraction of sp³-hybridized carbons (Fsp3) is 0.143. The van der Waals surface area contributed by atoms with Crippen LogP contribution in [0.2, 0.25) is 0 Å². The lowest BCUT2D eigenvalue weighted by Crippen LogP contribution is -2.02. The maximum Gasteiger partial charge on any atom is 0.374 e. The Balaban J connectivity index is 1.41. The number of nitrogens with zero attached hydrogens (tertiary/aromatic N) is 1. The fourth-order valence-electron chi connectivity index (χ4n) is 2.61. The summed E-state index contributed by atoms with van der Waals surface area (Å²) in [5.41, 5.74) is 2.44. The van der Waals surface area contributed by atoms with Gasteiger partial charge >= 0.3 is 5.97 Å². The van der Waals surface area contributed by atoms with Crippen LogP contribution in [0, 0.1) is 0 Å². The lowest BCUT2D eigenvalue weighted by Gasteiger charge is -2.04. The molecule has 27 heavy (non-hydrogen) atoms. The average Bonchev–Trinajstić information content (AvgIpc) is 3.34. The second kappa shape index (κ2) is 7.37. The standard InChI is InChI=1S/C21H17NO5/c1-2-24-21(23)19-12-11-16(26-19)13-25-15-9-7-14(8-10-15)20-22-17-5-3-4-6-18(17)27-20/h3-12H,2,13H2,1H3. The van der Waals surface area contributed by atoms with E-state index in [-0.39, 0.29) is 12.4 Å². The van der Waals surface area contributed by atoms with Crippen LogP contribution in [0.5, 0.6) is 5.75 Å². The quantitative estimate of drug-likeness (QED) is 0.456. The van der Waals surface area contributed by atoms with Crippen LogP contribution in [0.3, 0.4) is 0 Å². The predicted octanol–water partition coefficient (Wildman–Crippen LogP) is 4.84. The van der Waals surface area contributed by atoms with Gasteiger partial charge in [0.25, 0.3) is 0 Å². The third kappa shape index (κ3) is 3.69. The zero-order chi connectivity index (χ0) is 18.6. The summed E-state index contributed by atoms with van der Waals surface area (Å²) >= 11 is 0. The molecule has 0 aliphatic carbocycles. The van der Waals surface area contributed by atoms with Crippen molar-refractivity contribution in [2.45, 2.75) is 13.5 Å². The van der Waals surface area contributed by atoms with E-state index in [9.17, 15) is 4.79 Å². The minimum Gasteiger partial charge on any atom is -0.486 e. The van der Waals surface area contributed by atoms with Crippen molar-refractivity contribution < 1.29 is 23.1 Å². The van der Waals surface area contributed by atoms with Crippen molar-refractivity contribution in [3.63, 3.8) is 0 Å². The molecule has 2 aromatic heterocycles. The third-order valence-corrected chi connectivity index (χ3v) is 3.91. The van der Waals surface area contributed by atoms with Crippen LogP contribution in [0.4, 0.5) is 0 Å². The van der Waals surface area contributed by atoms with Crippen LogP contribution in [0.1, 0.15) is 23.2 Å². The van der Waals surface area contributed by atoms with Gasteiger partial charge in [0, 0.05) is 5.56 Å². The number of para-hydroxylation sites is 2. The summed E-state index contributed by atoms with van der Waals surface area (Å²) in [6.45, 7) is 2.26. The number of aromatic nitrogens is 1. The predicted molar refractivity (Wildman–Crippen MR) is 98.4 cm³/mol. The minimum absolute atomic E-state index is 0.168. The molecule has 0 spiro atoms. The number of carbonyl (C=O) groups excluding carboxylic acids is 1. The molecule has 0 fully saturated rings. The molecule has 0 unspecified atom stereocenters. The Morgan fingerprint density at radius 1 is 1.00 bits per heavy atom. The Morgan fingerprint density at radius 3 is 2.59 bits per heavy atom. The minimum atomic E-state index is -0.480. The van der Waals surface area contributed by atoms with Crippen LogP contribution in [0.25, 0.3) is 22.6 Å². The lowest BCUT2D eigenvalue weighted by molar-refractivity contribution is 0.0486. The highest BCUT2D eigenvalue weighted by atomic mass is 16.5. The number of ether oxygens (including phenoxy) is 2. The zero-order valence-electron chi connectivity index (χ0n) is 14.7. The van der Waals surface area contributed by atoms with E-state index in [1.54, 1.807) is 19.1 Å². The van der Waals surface area contributed by atoms with Gasteiger partial charge in [-0.2, -0.15) is 0 Å². The van der Waals surface area contributed by atoms with Crippen molar-refractivity contribution in [2.75, 3.05) is 6.61 Å². The summed E-state index contributed by atoms with van der Waals surface area (Å²) in [7, 11) is 0. The molecule has 0 saturated heterocycles. The highest BCUT2D eigenvalue weighted by molar-refractivity contribution is 5.86. The van der Waals surface area contributed by atoms with Gasteiger partial charge in [0.2, 0.25) is 11.7 Å². The van der Waals surface area contributed by atoms with Crippen molar-refractivity contribution in [1.82, 2.24) is 4.98 Å². The van der Waals surface area contributed by atoms with E-state index in [2.05, 4.69) is 4.98 Å². The number of hydrogen-bond donors (Lipinski definition) is 0. The highest BCUT2D eigenvalue weighted by Gasteiger charge is 2.12. The first-order chi connectivity index (χ1) is 13.2. The molecule has 0 N–H and O–H groups in total. The fourth-order valence-corrected chi connectivity index (χ4v) is 2.61. The van der Waals surface area contributed by atoms with Gasteiger partial charge < -0.3 is 18.3 Å². The van der Waals surface area contributed by atoms with Crippen LogP contribution in [-0.4, -0.2) is 17.6 Å². The molecule has 0 aliphatic heterocycles. The van der Waals surface area contributed by atoms with Crippen LogP contribution in [-0.2, 0) is 11.3 Å². The molecule has 0 aliphatic rings. The van der Waals surface area contributed by atoms with Crippen molar-refractivity contribution in [2.24, 2.45) is 0 Å².